The standard InChI is InChI=1S/C16H19N5O2S/c1-9-4-2-5-10-11(9)12-14-19-13(15(23)17-6-3-7-22)20-21(14)8-18-16(12)24-10/h8-9,22H,2-7H2,1H3,(H,17,23). The average Bonchev–Trinajstić information content (AvgIpc) is 3.16. The van der Waals surface area contributed by atoms with Gasteiger partial charge in [-0.05, 0) is 37.2 Å². The number of aromatic nitrogens is 4. The predicted octanol–water partition coefficient (Wildman–Crippen LogP) is 1.89. The van der Waals surface area contributed by atoms with Gasteiger partial charge in [0.1, 0.15) is 11.2 Å². The molecule has 0 fully saturated rings. The van der Waals surface area contributed by atoms with Crippen LogP contribution in [0, 0.1) is 0 Å². The lowest BCUT2D eigenvalue weighted by atomic mass is 9.87. The highest BCUT2D eigenvalue weighted by Crippen LogP contribution is 2.42. The molecule has 1 amide bonds. The Morgan fingerprint density at radius 3 is 3.25 bits per heavy atom. The van der Waals surface area contributed by atoms with Gasteiger partial charge in [-0.2, -0.15) is 0 Å². The average molecular weight is 345 g/mol. The largest absolute Gasteiger partial charge is 0.396 e. The molecule has 126 valence electrons. The molecule has 0 spiro atoms. The molecule has 8 heteroatoms. The minimum absolute atomic E-state index is 0.0440. The fraction of sp³-hybridized carbons (Fsp3) is 0.500. The number of carbonyl (C=O) groups excluding carboxylic acids is 1. The summed E-state index contributed by atoms with van der Waals surface area (Å²) in [5.74, 6) is 0.303. The number of thiophene rings is 1. The molecule has 1 aliphatic rings. The molecule has 3 aromatic heterocycles. The molecular formula is C16H19N5O2S. The summed E-state index contributed by atoms with van der Waals surface area (Å²) >= 11 is 1.73. The second-order valence-corrected chi connectivity index (χ2v) is 7.28. The van der Waals surface area contributed by atoms with Crippen LogP contribution in [0.15, 0.2) is 6.33 Å². The van der Waals surface area contributed by atoms with Crippen LogP contribution in [-0.4, -0.2) is 43.7 Å². The van der Waals surface area contributed by atoms with Gasteiger partial charge in [0.15, 0.2) is 5.65 Å². The second-order valence-electron chi connectivity index (χ2n) is 6.19. The Kier molecular flexibility index (Phi) is 3.93. The van der Waals surface area contributed by atoms with Crippen molar-refractivity contribution in [3.05, 3.63) is 22.6 Å². The van der Waals surface area contributed by atoms with E-state index in [1.54, 1.807) is 22.2 Å². The van der Waals surface area contributed by atoms with Crippen molar-refractivity contribution < 1.29 is 9.90 Å². The fourth-order valence-electron chi connectivity index (χ4n) is 3.34. The van der Waals surface area contributed by atoms with E-state index in [1.165, 1.54) is 23.3 Å². The smallest absolute Gasteiger partial charge is 0.290 e. The number of aliphatic hydroxyl groups excluding tert-OH is 1. The molecule has 3 heterocycles. The van der Waals surface area contributed by atoms with Crippen LogP contribution in [0.1, 0.15) is 53.2 Å². The zero-order chi connectivity index (χ0) is 16.7. The van der Waals surface area contributed by atoms with Gasteiger partial charge >= 0.3 is 0 Å². The molecular weight excluding hydrogens is 326 g/mol. The van der Waals surface area contributed by atoms with Crippen LogP contribution in [0.3, 0.4) is 0 Å². The number of aliphatic hydroxyl groups is 1. The van der Waals surface area contributed by atoms with Crippen LogP contribution < -0.4 is 5.32 Å². The monoisotopic (exact) mass is 345 g/mol. The molecule has 7 nitrogen and oxygen atoms in total. The lowest BCUT2D eigenvalue weighted by molar-refractivity contribution is 0.0941. The van der Waals surface area contributed by atoms with Gasteiger partial charge in [-0.1, -0.05) is 6.92 Å². The van der Waals surface area contributed by atoms with Crippen LogP contribution in [0.5, 0.6) is 0 Å². The van der Waals surface area contributed by atoms with Gasteiger partial charge in [-0.25, -0.2) is 14.5 Å². The number of nitrogens with one attached hydrogen (secondary N) is 1. The van der Waals surface area contributed by atoms with Gasteiger partial charge in [-0.3, -0.25) is 4.79 Å². The van der Waals surface area contributed by atoms with E-state index in [0.29, 0.717) is 24.5 Å². The van der Waals surface area contributed by atoms with Crippen LogP contribution in [-0.2, 0) is 6.42 Å². The van der Waals surface area contributed by atoms with Crippen molar-refractivity contribution in [2.45, 2.75) is 38.5 Å². The first-order chi connectivity index (χ1) is 11.7. The number of aryl methyl sites for hydroxylation is 1. The van der Waals surface area contributed by atoms with E-state index in [2.05, 4.69) is 27.3 Å². The van der Waals surface area contributed by atoms with Crippen LogP contribution in [0.25, 0.3) is 15.9 Å². The van der Waals surface area contributed by atoms with Crippen molar-refractivity contribution in [3.8, 4) is 0 Å². The molecule has 0 bridgehead atoms. The van der Waals surface area contributed by atoms with Gasteiger partial charge in [0.05, 0.1) is 5.39 Å². The molecule has 2 N–H and O–H groups in total. The molecule has 3 aromatic rings. The summed E-state index contributed by atoms with van der Waals surface area (Å²) in [5, 5.41) is 16.8. The van der Waals surface area contributed by atoms with Crippen LogP contribution >= 0.6 is 11.3 Å². The van der Waals surface area contributed by atoms with Gasteiger partial charge in [0.2, 0.25) is 5.82 Å². The van der Waals surface area contributed by atoms with E-state index in [1.807, 2.05) is 0 Å². The SMILES string of the molecule is CC1CCCc2sc3ncn4nc(C(=O)NCCCO)nc4c3c21. The Bertz CT molecular complexity index is 916. The van der Waals surface area contributed by atoms with E-state index in [-0.39, 0.29) is 18.3 Å². The maximum Gasteiger partial charge on any atom is 0.290 e. The van der Waals surface area contributed by atoms with E-state index in [4.69, 9.17) is 5.11 Å². The molecule has 24 heavy (non-hydrogen) atoms. The first kappa shape index (κ1) is 15.5. The lowest BCUT2D eigenvalue weighted by Crippen LogP contribution is -2.26. The third kappa shape index (κ3) is 2.46. The van der Waals surface area contributed by atoms with Gasteiger partial charge in [-0.15, -0.1) is 16.4 Å². The quantitative estimate of drug-likeness (QED) is 0.705. The van der Waals surface area contributed by atoms with E-state index in [9.17, 15) is 4.79 Å². The minimum atomic E-state index is -0.322. The first-order valence-electron chi connectivity index (χ1n) is 8.24. The molecule has 0 aromatic carbocycles. The fourth-order valence-corrected chi connectivity index (χ4v) is 4.64. The van der Waals surface area contributed by atoms with Gasteiger partial charge in [0.25, 0.3) is 5.91 Å². The number of nitrogens with zero attached hydrogens (tertiary/aromatic N) is 4. The predicted molar refractivity (Wildman–Crippen MR) is 91.6 cm³/mol. The van der Waals surface area contributed by atoms with Crippen LogP contribution in [0.4, 0.5) is 0 Å². The van der Waals surface area contributed by atoms with E-state index >= 15 is 0 Å². The number of rotatable bonds is 4. The number of fused-ring (bicyclic) bond motifs is 5. The Balaban J connectivity index is 1.80. The summed E-state index contributed by atoms with van der Waals surface area (Å²) in [6.07, 6.45) is 5.61. The summed E-state index contributed by atoms with van der Waals surface area (Å²) in [7, 11) is 0. The molecule has 0 aliphatic heterocycles. The van der Waals surface area contributed by atoms with Crippen molar-refractivity contribution in [1.29, 1.82) is 0 Å². The van der Waals surface area contributed by atoms with Crippen molar-refractivity contribution >= 4 is 33.1 Å². The molecule has 1 aliphatic carbocycles. The van der Waals surface area contributed by atoms with Gasteiger partial charge in [0, 0.05) is 18.0 Å². The van der Waals surface area contributed by atoms with Crippen molar-refractivity contribution in [2.75, 3.05) is 13.2 Å². The summed E-state index contributed by atoms with van der Waals surface area (Å²) in [6, 6.07) is 0. The third-order valence-corrected chi connectivity index (χ3v) is 5.67. The maximum absolute atomic E-state index is 12.2. The number of amides is 1. The van der Waals surface area contributed by atoms with Crippen molar-refractivity contribution in [3.63, 3.8) is 0 Å². The highest BCUT2D eigenvalue weighted by atomic mass is 32.1. The van der Waals surface area contributed by atoms with Crippen molar-refractivity contribution in [2.24, 2.45) is 0 Å². The zero-order valence-corrected chi connectivity index (χ0v) is 14.3. The zero-order valence-electron chi connectivity index (χ0n) is 13.4. The van der Waals surface area contributed by atoms with Crippen molar-refractivity contribution in [1.82, 2.24) is 24.9 Å². The number of hydrogen-bond donors (Lipinski definition) is 2. The highest BCUT2D eigenvalue weighted by molar-refractivity contribution is 7.19. The topological polar surface area (TPSA) is 92.4 Å². The Morgan fingerprint density at radius 1 is 1.54 bits per heavy atom. The first-order valence-corrected chi connectivity index (χ1v) is 9.06. The Morgan fingerprint density at radius 2 is 2.42 bits per heavy atom. The molecule has 0 saturated heterocycles. The molecule has 1 unspecified atom stereocenters. The summed E-state index contributed by atoms with van der Waals surface area (Å²) in [4.78, 5) is 23.5. The summed E-state index contributed by atoms with van der Waals surface area (Å²) < 4.78 is 1.59. The summed E-state index contributed by atoms with van der Waals surface area (Å²) in [5.41, 5.74) is 2.04. The maximum atomic E-state index is 12.2. The Hall–Kier alpha value is -2.06. The highest BCUT2D eigenvalue weighted by Gasteiger charge is 2.25. The lowest BCUT2D eigenvalue weighted by Gasteiger charge is -2.18. The normalized spacial score (nSPS) is 17.3. The van der Waals surface area contributed by atoms with Crippen LogP contribution in [0.2, 0.25) is 0 Å². The molecule has 0 saturated carbocycles. The minimum Gasteiger partial charge on any atom is -0.396 e. The molecule has 4 rings (SSSR count). The number of hydrogen-bond acceptors (Lipinski definition) is 6. The van der Waals surface area contributed by atoms with E-state index in [0.717, 1.165) is 16.6 Å². The molecule has 0 radical (unpaired) electrons. The molecule has 1 atom stereocenters. The summed E-state index contributed by atoms with van der Waals surface area (Å²) in [6.45, 7) is 2.69. The second kappa shape index (κ2) is 6.10. The van der Waals surface area contributed by atoms with E-state index < -0.39 is 0 Å². The number of carbonyl (C=O) groups is 1. The van der Waals surface area contributed by atoms with Gasteiger partial charge < -0.3 is 10.4 Å². The Labute approximate surface area is 142 Å². The third-order valence-electron chi connectivity index (χ3n) is 4.50.